The Kier molecular flexibility index (Phi) is 4.39. The number of hydrogen-bond acceptors (Lipinski definition) is 3. The van der Waals surface area contributed by atoms with Crippen LogP contribution in [-0.4, -0.2) is 15.7 Å². The Balaban J connectivity index is 1.70. The fraction of sp³-hybridized carbons (Fsp3) is 0.238. The van der Waals surface area contributed by atoms with Crippen molar-refractivity contribution in [3.8, 4) is 5.75 Å². The van der Waals surface area contributed by atoms with Crippen LogP contribution in [-0.2, 0) is 18.4 Å². The molecule has 0 saturated carbocycles. The highest BCUT2D eigenvalue weighted by atomic mass is 19.1. The van der Waals surface area contributed by atoms with Crippen molar-refractivity contribution in [1.29, 1.82) is 0 Å². The van der Waals surface area contributed by atoms with Gasteiger partial charge in [0.05, 0.1) is 5.69 Å². The standard InChI is InChI=1S/C21H20FN3O2/c1-13-20-16(11-19(26)23-21(20)25(2)24-13)15-8-4-6-10-18(15)27-12-14-7-3-5-9-17(14)22/h3-10,16H,11-12H2,1-2H3,(H,23,26)/t16-/m0/s1. The number of para-hydroxylation sites is 1. The van der Waals surface area contributed by atoms with Gasteiger partial charge in [0.15, 0.2) is 0 Å². The number of carbonyl (C=O) groups is 1. The molecule has 1 atom stereocenters. The molecule has 6 heteroatoms. The highest BCUT2D eigenvalue weighted by Crippen LogP contribution is 2.42. The highest BCUT2D eigenvalue weighted by molar-refractivity contribution is 5.94. The van der Waals surface area contributed by atoms with Gasteiger partial charge in [-0.2, -0.15) is 5.10 Å². The molecule has 0 bridgehead atoms. The van der Waals surface area contributed by atoms with Crippen LogP contribution in [0.1, 0.15) is 34.7 Å². The molecule has 0 saturated heterocycles. The molecule has 0 radical (unpaired) electrons. The Bertz CT molecular complexity index is 1010. The molecule has 1 amide bonds. The Morgan fingerprint density at radius 1 is 1.22 bits per heavy atom. The molecule has 2 heterocycles. The monoisotopic (exact) mass is 365 g/mol. The molecule has 0 unspecified atom stereocenters. The van der Waals surface area contributed by atoms with E-state index in [-0.39, 0.29) is 24.2 Å². The molecule has 1 aliphatic rings. The zero-order chi connectivity index (χ0) is 19.0. The third kappa shape index (κ3) is 3.18. The Labute approximate surface area is 156 Å². The lowest BCUT2D eigenvalue weighted by Crippen LogP contribution is -2.25. The number of nitrogens with one attached hydrogen (secondary N) is 1. The van der Waals surface area contributed by atoms with Gasteiger partial charge in [-0.3, -0.25) is 9.48 Å². The van der Waals surface area contributed by atoms with Crippen LogP contribution in [0.25, 0.3) is 0 Å². The van der Waals surface area contributed by atoms with E-state index in [9.17, 15) is 9.18 Å². The number of halogens is 1. The molecule has 0 fully saturated rings. The average Bonchev–Trinajstić information content (AvgIpc) is 2.94. The summed E-state index contributed by atoms with van der Waals surface area (Å²) in [5, 5.41) is 7.35. The zero-order valence-electron chi connectivity index (χ0n) is 15.2. The normalized spacial score (nSPS) is 16.0. The first-order valence-corrected chi connectivity index (χ1v) is 8.83. The summed E-state index contributed by atoms with van der Waals surface area (Å²) in [4.78, 5) is 12.3. The van der Waals surface area contributed by atoms with E-state index in [2.05, 4.69) is 10.4 Å². The van der Waals surface area contributed by atoms with Crippen molar-refractivity contribution in [3.63, 3.8) is 0 Å². The summed E-state index contributed by atoms with van der Waals surface area (Å²) >= 11 is 0. The summed E-state index contributed by atoms with van der Waals surface area (Å²) in [5.74, 6) is 0.864. The molecule has 27 heavy (non-hydrogen) atoms. The second kappa shape index (κ2) is 6.87. The van der Waals surface area contributed by atoms with Crippen molar-refractivity contribution in [2.45, 2.75) is 25.9 Å². The number of fused-ring (bicyclic) bond motifs is 1. The third-order valence-corrected chi connectivity index (χ3v) is 4.90. The molecule has 0 aliphatic carbocycles. The number of ether oxygens (including phenoxy) is 1. The van der Waals surface area contributed by atoms with Gasteiger partial charge in [-0.15, -0.1) is 0 Å². The number of anilines is 1. The summed E-state index contributed by atoms with van der Waals surface area (Å²) in [6, 6.07) is 14.2. The minimum atomic E-state index is -0.294. The van der Waals surface area contributed by atoms with Crippen LogP contribution < -0.4 is 10.1 Å². The number of nitrogens with zero attached hydrogens (tertiary/aromatic N) is 2. The molecule has 3 aromatic rings. The summed E-state index contributed by atoms with van der Waals surface area (Å²) in [6.07, 6.45) is 0.319. The average molecular weight is 365 g/mol. The first-order valence-electron chi connectivity index (χ1n) is 8.83. The minimum Gasteiger partial charge on any atom is -0.488 e. The fourth-order valence-electron chi connectivity index (χ4n) is 3.65. The van der Waals surface area contributed by atoms with Crippen LogP contribution in [0.3, 0.4) is 0 Å². The number of aryl methyl sites for hydroxylation is 2. The summed E-state index contributed by atoms with van der Waals surface area (Å²) in [7, 11) is 1.81. The first kappa shape index (κ1) is 17.3. The number of aromatic nitrogens is 2. The largest absolute Gasteiger partial charge is 0.488 e. The lowest BCUT2D eigenvalue weighted by molar-refractivity contribution is -0.116. The molecule has 1 N–H and O–H groups in total. The molecule has 4 rings (SSSR count). The predicted molar refractivity (Wildman–Crippen MR) is 100 cm³/mol. The van der Waals surface area contributed by atoms with Crippen LogP contribution in [0.5, 0.6) is 5.75 Å². The van der Waals surface area contributed by atoms with Gasteiger partial charge in [0.1, 0.15) is 24.0 Å². The van der Waals surface area contributed by atoms with E-state index in [1.807, 2.05) is 38.2 Å². The van der Waals surface area contributed by atoms with Crippen molar-refractivity contribution in [3.05, 3.63) is 76.7 Å². The molecule has 1 aromatic heterocycles. The van der Waals surface area contributed by atoms with Crippen LogP contribution in [0, 0.1) is 12.7 Å². The molecule has 138 valence electrons. The van der Waals surface area contributed by atoms with E-state index in [4.69, 9.17) is 4.74 Å². The van der Waals surface area contributed by atoms with Crippen molar-refractivity contribution in [2.24, 2.45) is 7.05 Å². The minimum absolute atomic E-state index is 0.0561. The van der Waals surface area contributed by atoms with Crippen LogP contribution in [0.15, 0.2) is 48.5 Å². The number of hydrogen-bond donors (Lipinski definition) is 1. The maximum Gasteiger partial charge on any atom is 0.226 e. The van der Waals surface area contributed by atoms with E-state index in [0.29, 0.717) is 17.7 Å². The van der Waals surface area contributed by atoms with Gasteiger partial charge in [0.25, 0.3) is 0 Å². The summed E-state index contributed by atoms with van der Waals surface area (Å²) in [6.45, 7) is 2.06. The topological polar surface area (TPSA) is 56.2 Å². The molecular formula is C21H20FN3O2. The molecular weight excluding hydrogens is 345 g/mol. The van der Waals surface area contributed by atoms with Crippen LogP contribution in [0.4, 0.5) is 10.2 Å². The van der Waals surface area contributed by atoms with Gasteiger partial charge in [-0.1, -0.05) is 36.4 Å². The lowest BCUT2D eigenvalue weighted by Gasteiger charge is -2.25. The highest BCUT2D eigenvalue weighted by Gasteiger charge is 2.33. The molecule has 5 nitrogen and oxygen atoms in total. The van der Waals surface area contributed by atoms with E-state index >= 15 is 0 Å². The first-order chi connectivity index (χ1) is 13.0. The molecule has 2 aromatic carbocycles. The van der Waals surface area contributed by atoms with Gasteiger partial charge in [-0.25, -0.2) is 4.39 Å². The van der Waals surface area contributed by atoms with Crippen LogP contribution in [0.2, 0.25) is 0 Å². The maximum absolute atomic E-state index is 13.9. The van der Waals surface area contributed by atoms with Crippen molar-refractivity contribution < 1.29 is 13.9 Å². The van der Waals surface area contributed by atoms with Gasteiger partial charge < -0.3 is 10.1 Å². The fourth-order valence-corrected chi connectivity index (χ4v) is 3.65. The SMILES string of the molecule is Cc1nn(C)c2c1[C@H](c1ccccc1OCc1ccccc1F)CC(=O)N2. The van der Waals surface area contributed by atoms with Crippen molar-refractivity contribution in [1.82, 2.24) is 9.78 Å². The molecule has 1 aliphatic heterocycles. The summed E-state index contributed by atoms with van der Waals surface area (Å²) < 4.78 is 21.6. The Hall–Kier alpha value is -3.15. The summed E-state index contributed by atoms with van der Waals surface area (Å²) in [5.41, 5.74) is 3.27. The second-order valence-corrected chi connectivity index (χ2v) is 6.69. The number of carbonyl (C=O) groups excluding carboxylic acids is 1. The van der Waals surface area contributed by atoms with E-state index < -0.39 is 0 Å². The Morgan fingerprint density at radius 2 is 1.96 bits per heavy atom. The zero-order valence-corrected chi connectivity index (χ0v) is 15.2. The van der Waals surface area contributed by atoms with Crippen LogP contribution >= 0.6 is 0 Å². The Morgan fingerprint density at radius 3 is 2.78 bits per heavy atom. The maximum atomic E-state index is 13.9. The van der Waals surface area contributed by atoms with Gasteiger partial charge in [0.2, 0.25) is 5.91 Å². The third-order valence-electron chi connectivity index (χ3n) is 4.90. The smallest absolute Gasteiger partial charge is 0.226 e. The van der Waals surface area contributed by atoms with E-state index in [1.165, 1.54) is 6.07 Å². The second-order valence-electron chi connectivity index (χ2n) is 6.69. The number of rotatable bonds is 4. The van der Waals surface area contributed by atoms with E-state index in [0.717, 1.165) is 22.6 Å². The van der Waals surface area contributed by atoms with Gasteiger partial charge in [0, 0.05) is 36.1 Å². The number of benzene rings is 2. The molecule has 0 spiro atoms. The van der Waals surface area contributed by atoms with Crippen molar-refractivity contribution >= 4 is 11.7 Å². The van der Waals surface area contributed by atoms with Crippen molar-refractivity contribution in [2.75, 3.05) is 5.32 Å². The van der Waals surface area contributed by atoms with Gasteiger partial charge in [-0.05, 0) is 19.1 Å². The van der Waals surface area contributed by atoms with Gasteiger partial charge >= 0.3 is 0 Å². The number of amides is 1. The quantitative estimate of drug-likeness (QED) is 0.762. The lowest BCUT2D eigenvalue weighted by atomic mass is 9.85. The predicted octanol–water partition coefficient (Wildman–Crippen LogP) is 3.92. The van der Waals surface area contributed by atoms with E-state index in [1.54, 1.807) is 22.9 Å².